The van der Waals surface area contributed by atoms with Crippen molar-refractivity contribution in [1.29, 1.82) is 0 Å². The van der Waals surface area contributed by atoms with Gasteiger partial charge < -0.3 is 0 Å². The van der Waals surface area contributed by atoms with Crippen LogP contribution in [0.4, 0.5) is 0 Å². The van der Waals surface area contributed by atoms with Gasteiger partial charge in [-0.25, -0.2) is 4.98 Å². The number of hydrogen-bond acceptors (Lipinski definition) is 1. The molecule has 0 atom stereocenters. The van der Waals surface area contributed by atoms with Crippen LogP contribution >= 0.6 is 34.2 Å². The predicted octanol–water partition coefficient (Wildman–Crippen LogP) is 4.72. The van der Waals surface area contributed by atoms with Gasteiger partial charge in [-0.15, -0.1) is 11.6 Å². The first-order valence-corrected chi connectivity index (χ1v) is 8.11. The topological polar surface area (TPSA) is 17.8 Å². The third-order valence-corrected chi connectivity index (χ3v) is 4.46. The van der Waals surface area contributed by atoms with Crippen molar-refractivity contribution in [3.63, 3.8) is 0 Å². The van der Waals surface area contributed by atoms with E-state index in [0.29, 0.717) is 5.88 Å². The molecule has 1 heterocycles. The van der Waals surface area contributed by atoms with Crippen LogP contribution in [0.1, 0.15) is 11.4 Å². The maximum atomic E-state index is 5.95. The number of aromatic nitrogens is 2. The Morgan fingerprint density at radius 1 is 1.15 bits per heavy atom. The largest absolute Gasteiger partial charge is 0.295 e. The van der Waals surface area contributed by atoms with E-state index < -0.39 is 0 Å². The average Bonchev–Trinajstić information content (AvgIpc) is 2.79. The minimum atomic E-state index is 0.575. The Hall–Kier alpha value is -1.07. The normalized spacial score (nSPS) is 11.2. The summed E-state index contributed by atoms with van der Waals surface area (Å²) in [5.41, 5.74) is 4.61. The smallest absolute Gasteiger partial charge is 0.115 e. The molecule has 0 bridgehead atoms. The van der Waals surface area contributed by atoms with Crippen LogP contribution < -0.4 is 0 Å². The lowest BCUT2D eigenvalue weighted by Gasteiger charge is -2.11. The fraction of sp³-hybridized carbons (Fsp3) is 0.188. The Balaban J connectivity index is 2.37. The highest BCUT2D eigenvalue weighted by Gasteiger charge is 2.15. The summed E-state index contributed by atoms with van der Waals surface area (Å²) in [5.74, 6) is 1.60. The standard InChI is InChI=1S/C16H14ClIN2/c1-11-5-4-7-13-16(11)20(15(19-13)9-10-17)14-8-3-2-6-12(14)18/h2-8H,9-10H2,1H3. The summed E-state index contributed by atoms with van der Waals surface area (Å²) in [4.78, 5) is 4.76. The first-order chi connectivity index (χ1) is 9.72. The van der Waals surface area contributed by atoms with E-state index in [9.17, 15) is 0 Å². The van der Waals surface area contributed by atoms with Gasteiger partial charge in [0.25, 0.3) is 0 Å². The van der Waals surface area contributed by atoms with Crippen molar-refractivity contribution in [2.75, 3.05) is 5.88 Å². The highest BCUT2D eigenvalue weighted by Crippen LogP contribution is 2.27. The maximum absolute atomic E-state index is 5.95. The molecule has 3 aromatic rings. The van der Waals surface area contributed by atoms with E-state index in [0.717, 1.165) is 17.8 Å². The summed E-state index contributed by atoms with van der Waals surface area (Å²) in [6.07, 6.45) is 0.765. The molecule has 0 amide bonds. The zero-order valence-electron chi connectivity index (χ0n) is 11.1. The summed E-state index contributed by atoms with van der Waals surface area (Å²) in [7, 11) is 0. The van der Waals surface area contributed by atoms with Crippen LogP contribution in [0, 0.1) is 10.5 Å². The first-order valence-electron chi connectivity index (χ1n) is 6.50. The Kier molecular flexibility index (Phi) is 3.98. The van der Waals surface area contributed by atoms with E-state index in [1.165, 1.54) is 20.3 Å². The van der Waals surface area contributed by atoms with Gasteiger partial charge in [0.1, 0.15) is 5.82 Å². The number of halogens is 2. The van der Waals surface area contributed by atoms with Crippen LogP contribution in [0.5, 0.6) is 0 Å². The molecular weight excluding hydrogens is 383 g/mol. The molecule has 0 saturated carbocycles. The Bertz CT molecular complexity index is 764. The number of para-hydroxylation sites is 2. The lowest BCUT2D eigenvalue weighted by atomic mass is 10.2. The number of nitrogens with zero attached hydrogens (tertiary/aromatic N) is 2. The van der Waals surface area contributed by atoms with Crippen molar-refractivity contribution in [3.05, 3.63) is 57.4 Å². The number of imidazole rings is 1. The molecule has 2 aromatic carbocycles. The number of alkyl halides is 1. The second-order valence-electron chi connectivity index (χ2n) is 4.70. The molecule has 0 N–H and O–H groups in total. The monoisotopic (exact) mass is 396 g/mol. The molecule has 0 aliphatic carbocycles. The number of hydrogen-bond donors (Lipinski definition) is 0. The number of aryl methyl sites for hydroxylation is 2. The summed E-state index contributed by atoms with van der Waals surface area (Å²) >= 11 is 8.32. The molecule has 0 aliphatic heterocycles. The van der Waals surface area contributed by atoms with E-state index >= 15 is 0 Å². The van der Waals surface area contributed by atoms with Gasteiger partial charge in [-0.05, 0) is 53.3 Å². The highest BCUT2D eigenvalue weighted by atomic mass is 127. The van der Waals surface area contributed by atoms with E-state index in [-0.39, 0.29) is 0 Å². The molecule has 0 aliphatic rings. The molecule has 0 radical (unpaired) electrons. The molecule has 20 heavy (non-hydrogen) atoms. The predicted molar refractivity (Wildman–Crippen MR) is 92.9 cm³/mol. The molecular formula is C16H14ClIN2. The lowest BCUT2D eigenvalue weighted by molar-refractivity contribution is 0.907. The van der Waals surface area contributed by atoms with Crippen molar-refractivity contribution in [2.24, 2.45) is 0 Å². The van der Waals surface area contributed by atoms with Gasteiger partial charge >= 0.3 is 0 Å². The van der Waals surface area contributed by atoms with Crippen LogP contribution in [0.25, 0.3) is 16.7 Å². The fourth-order valence-corrected chi connectivity index (χ4v) is 3.29. The number of benzene rings is 2. The molecule has 0 unspecified atom stereocenters. The van der Waals surface area contributed by atoms with Gasteiger partial charge in [0.2, 0.25) is 0 Å². The zero-order chi connectivity index (χ0) is 14.1. The van der Waals surface area contributed by atoms with Crippen LogP contribution in [0.15, 0.2) is 42.5 Å². The van der Waals surface area contributed by atoms with Gasteiger partial charge in [-0.3, -0.25) is 4.57 Å². The molecule has 1 aromatic heterocycles. The average molecular weight is 397 g/mol. The van der Waals surface area contributed by atoms with Crippen molar-refractivity contribution >= 4 is 45.2 Å². The van der Waals surface area contributed by atoms with Crippen LogP contribution in [0.2, 0.25) is 0 Å². The van der Waals surface area contributed by atoms with Gasteiger partial charge in [0.05, 0.1) is 16.7 Å². The van der Waals surface area contributed by atoms with Gasteiger partial charge in [0, 0.05) is 15.9 Å². The van der Waals surface area contributed by atoms with E-state index in [4.69, 9.17) is 16.6 Å². The highest BCUT2D eigenvalue weighted by molar-refractivity contribution is 14.1. The van der Waals surface area contributed by atoms with Gasteiger partial charge in [-0.2, -0.15) is 0 Å². The van der Waals surface area contributed by atoms with Crippen LogP contribution in [0.3, 0.4) is 0 Å². The molecule has 0 spiro atoms. The molecule has 0 saturated heterocycles. The van der Waals surface area contributed by atoms with Gasteiger partial charge in [-0.1, -0.05) is 24.3 Å². The van der Waals surface area contributed by atoms with Crippen LogP contribution in [-0.4, -0.2) is 15.4 Å². The Morgan fingerprint density at radius 2 is 1.95 bits per heavy atom. The van der Waals surface area contributed by atoms with E-state index in [2.05, 4.69) is 76.5 Å². The summed E-state index contributed by atoms with van der Waals surface area (Å²) < 4.78 is 3.46. The fourth-order valence-electron chi connectivity index (χ4n) is 2.49. The van der Waals surface area contributed by atoms with E-state index in [1.54, 1.807) is 0 Å². The van der Waals surface area contributed by atoms with Crippen molar-refractivity contribution < 1.29 is 0 Å². The Labute approximate surface area is 136 Å². The molecule has 4 heteroatoms. The minimum Gasteiger partial charge on any atom is -0.295 e. The second kappa shape index (κ2) is 5.74. The maximum Gasteiger partial charge on any atom is 0.115 e. The van der Waals surface area contributed by atoms with Gasteiger partial charge in [0.15, 0.2) is 0 Å². The minimum absolute atomic E-state index is 0.575. The summed E-state index contributed by atoms with van der Waals surface area (Å²) in [6, 6.07) is 14.6. The Morgan fingerprint density at radius 3 is 2.70 bits per heavy atom. The van der Waals surface area contributed by atoms with Crippen LogP contribution in [-0.2, 0) is 6.42 Å². The SMILES string of the molecule is Cc1cccc2nc(CCCl)n(-c3ccccc3I)c12. The third-order valence-electron chi connectivity index (χ3n) is 3.36. The molecule has 0 fully saturated rings. The second-order valence-corrected chi connectivity index (χ2v) is 6.24. The zero-order valence-corrected chi connectivity index (χ0v) is 14.0. The molecule has 3 rings (SSSR count). The van der Waals surface area contributed by atoms with Crippen molar-refractivity contribution in [1.82, 2.24) is 9.55 Å². The van der Waals surface area contributed by atoms with Crippen molar-refractivity contribution in [3.8, 4) is 5.69 Å². The third kappa shape index (κ3) is 2.33. The lowest BCUT2D eigenvalue weighted by Crippen LogP contribution is -2.04. The summed E-state index contributed by atoms with van der Waals surface area (Å²) in [6.45, 7) is 2.13. The van der Waals surface area contributed by atoms with Crippen molar-refractivity contribution in [2.45, 2.75) is 13.3 Å². The number of fused-ring (bicyclic) bond motifs is 1. The quantitative estimate of drug-likeness (QED) is 0.463. The number of rotatable bonds is 3. The summed E-state index contributed by atoms with van der Waals surface area (Å²) in [5, 5.41) is 0. The molecule has 102 valence electrons. The van der Waals surface area contributed by atoms with E-state index in [1.807, 2.05) is 0 Å². The first kappa shape index (κ1) is 13.9. The molecule has 2 nitrogen and oxygen atoms in total.